The van der Waals surface area contributed by atoms with Gasteiger partial charge in [-0.2, -0.15) is 0 Å². The fourth-order valence-electron chi connectivity index (χ4n) is 3.14. The average molecular weight is 297 g/mol. The molecule has 0 N–H and O–H groups in total. The molecule has 0 fully saturated rings. The molecule has 0 radical (unpaired) electrons. The number of benzene rings is 2. The Morgan fingerprint density at radius 3 is 1.83 bits per heavy atom. The maximum absolute atomic E-state index is 11.8. The minimum Gasteiger partial charge on any atom is -0.313 e. The molecule has 0 amide bonds. The third-order valence-corrected chi connectivity index (χ3v) is 4.12. The summed E-state index contributed by atoms with van der Waals surface area (Å²) in [4.78, 5) is 11.8. The van der Waals surface area contributed by atoms with Crippen LogP contribution in [-0.2, 0) is 0 Å². The second kappa shape index (κ2) is 5.58. The highest BCUT2D eigenvalue weighted by Crippen LogP contribution is 2.39. The Hall–Kier alpha value is -3.13. The van der Waals surface area contributed by atoms with E-state index < -0.39 is 0 Å². The maximum Gasteiger partial charge on any atom is 0.167 e. The lowest BCUT2D eigenvalue weighted by Gasteiger charge is -2.06. The predicted octanol–water partition coefficient (Wildman–Crippen LogP) is 5.09. The normalized spacial score (nSPS) is 10.8. The van der Waals surface area contributed by atoms with Crippen molar-refractivity contribution < 1.29 is 4.79 Å². The van der Waals surface area contributed by atoms with E-state index in [2.05, 4.69) is 18.2 Å². The van der Waals surface area contributed by atoms with Gasteiger partial charge in [0, 0.05) is 17.3 Å². The standard InChI is InChI=1S/C21H15NO/c23-15-19-21(17-11-5-2-6-12-17)20(16-9-3-1-4-10-16)18-13-7-8-14-22(18)19/h1-15H. The molecule has 0 bridgehead atoms. The van der Waals surface area contributed by atoms with Crippen LogP contribution in [0, 0.1) is 0 Å². The number of pyridine rings is 1. The number of fused-ring (bicyclic) bond motifs is 1. The van der Waals surface area contributed by atoms with Crippen molar-refractivity contribution in [2.24, 2.45) is 0 Å². The van der Waals surface area contributed by atoms with Gasteiger partial charge >= 0.3 is 0 Å². The maximum atomic E-state index is 11.8. The van der Waals surface area contributed by atoms with Gasteiger partial charge in [0.1, 0.15) is 0 Å². The number of carbonyl (C=O) groups excluding carboxylic acids is 1. The summed E-state index contributed by atoms with van der Waals surface area (Å²) in [5, 5.41) is 0. The molecule has 2 heteroatoms. The molecule has 0 saturated heterocycles. The summed E-state index contributed by atoms with van der Waals surface area (Å²) >= 11 is 0. The van der Waals surface area contributed by atoms with Crippen molar-refractivity contribution in [2.45, 2.75) is 0 Å². The number of carbonyl (C=O) groups is 1. The van der Waals surface area contributed by atoms with E-state index in [9.17, 15) is 4.79 Å². The Labute approximate surface area is 134 Å². The van der Waals surface area contributed by atoms with Crippen molar-refractivity contribution in [1.82, 2.24) is 4.40 Å². The Morgan fingerprint density at radius 2 is 1.22 bits per heavy atom. The molecule has 4 aromatic rings. The average Bonchev–Trinajstić information content (AvgIpc) is 2.97. The van der Waals surface area contributed by atoms with Crippen LogP contribution in [0.2, 0.25) is 0 Å². The first-order valence-electron chi connectivity index (χ1n) is 7.59. The molecule has 4 rings (SSSR count). The third-order valence-electron chi connectivity index (χ3n) is 4.12. The van der Waals surface area contributed by atoms with E-state index in [4.69, 9.17) is 0 Å². The number of nitrogens with zero attached hydrogens (tertiary/aromatic N) is 1. The molecule has 0 unspecified atom stereocenters. The zero-order chi connectivity index (χ0) is 15.6. The highest BCUT2D eigenvalue weighted by atomic mass is 16.1. The second-order valence-corrected chi connectivity index (χ2v) is 5.44. The minimum atomic E-state index is 0.686. The summed E-state index contributed by atoms with van der Waals surface area (Å²) in [6.45, 7) is 0. The Balaban J connectivity index is 2.17. The Bertz CT molecular complexity index is 969. The summed E-state index contributed by atoms with van der Waals surface area (Å²) in [6, 6.07) is 26.3. The summed E-state index contributed by atoms with van der Waals surface area (Å²) < 4.78 is 1.97. The molecule has 0 atom stereocenters. The quantitative estimate of drug-likeness (QED) is 0.483. The van der Waals surface area contributed by atoms with Gasteiger partial charge in [0.15, 0.2) is 6.29 Å². The van der Waals surface area contributed by atoms with E-state index in [0.29, 0.717) is 5.69 Å². The highest BCUT2D eigenvalue weighted by Gasteiger charge is 2.19. The van der Waals surface area contributed by atoms with Crippen LogP contribution in [-0.4, -0.2) is 10.7 Å². The summed E-state index contributed by atoms with van der Waals surface area (Å²) in [5.41, 5.74) is 5.98. The zero-order valence-electron chi connectivity index (χ0n) is 12.5. The zero-order valence-corrected chi connectivity index (χ0v) is 12.5. The predicted molar refractivity (Wildman–Crippen MR) is 93.7 cm³/mol. The van der Waals surface area contributed by atoms with Crippen molar-refractivity contribution in [2.75, 3.05) is 0 Å². The van der Waals surface area contributed by atoms with Crippen molar-refractivity contribution in [3.63, 3.8) is 0 Å². The van der Waals surface area contributed by atoms with Crippen molar-refractivity contribution in [3.05, 3.63) is 90.8 Å². The number of rotatable bonds is 3. The first kappa shape index (κ1) is 13.5. The molecule has 0 saturated carbocycles. The van der Waals surface area contributed by atoms with Gasteiger partial charge in [-0.15, -0.1) is 0 Å². The van der Waals surface area contributed by atoms with Crippen LogP contribution < -0.4 is 0 Å². The van der Waals surface area contributed by atoms with Gasteiger partial charge in [0.2, 0.25) is 0 Å². The lowest BCUT2D eigenvalue weighted by molar-refractivity contribution is 0.111. The van der Waals surface area contributed by atoms with Gasteiger partial charge in [-0.3, -0.25) is 4.79 Å². The summed E-state index contributed by atoms with van der Waals surface area (Å²) in [7, 11) is 0. The van der Waals surface area contributed by atoms with Crippen LogP contribution in [0.5, 0.6) is 0 Å². The molecular formula is C21H15NO. The van der Waals surface area contributed by atoms with E-state index in [-0.39, 0.29) is 0 Å². The van der Waals surface area contributed by atoms with Gasteiger partial charge in [-0.05, 0) is 23.3 Å². The van der Waals surface area contributed by atoms with E-state index in [1.807, 2.05) is 71.3 Å². The van der Waals surface area contributed by atoms with E-state index in [1.165, 1.54) is 0 Å². The van der Waals surface area contributed by atoms with Crippen molar-refractivity contribution >= 4 is 11.8 Å². The minimum absolute atomic E-state index is 0.686. The SMILES string of the molecule is O=Cc1c(-c2ccccc2)c(-c2ccccc2)c2ccccn12. The summed E-state index contributed by atoms with van der Waals surface area (Å²) in [6.07, 6.45) is 2.89. The first-order chi connectivity index (χ1) is 11.4. The van der Waals surface area contributed by atoms with Gasteiger partial charge in [-0.1, -0.05) is 66.7 Å². The molecule has 0 aliphatic heterocycles. The fraction of sp³-hybridized carbons (Fsp3) is 0. The third kappa shape index (κ3) is 2.16. The molecule has 2 heterocycles. The van der Waals surface area contributed by atoms with Crippen LogP contribution >= 0.6 is 0 Å². The lowest BCUT2D eigenvalue weighted by atomic mass is 9.96. The van der Waals surface area contributed by atoms with Gasteiger partial charge < -0.3 is 4.40 Å². The largest absolute Gasteiger partial charge is 0.313 e. The number of hydrogen-bond acceptors (Lipinski definition) is 1. The van der Waals surface area contributed by atoms with Crippen LogP contribution in [0.15, 0.2) is 85.1 Å². The van der Waals surface area contributed by atoms with E-state index in [1.54, 1.807) is 0 Å². The topological polar surface area (TPSA) is 21.5 Å². The van der Waals surface area contributed by atoms with Crippen molar-refractivity contribution in [1.29, 1.82) is 0 Å². The second-order valence-electron chi connectivity index (χ2n) is 5.44. The fourth-order valence-corrected chi connectivity index (χ4v) is 3.14. The van der Waals surface area contributed by atoms with Gasteiger partial charge in [-0.25, -0.2) is 0 Å². The van der Waals surface area contributed by atoms with E-state index in [0.717, 1.165) is 34.1 Å². The van der Waals surface area contributed by atoms with Crippen LogP contribution in [0.25, 0.3) is 27.8 Å². The van der Waals surface area contributed by atoms with Gasteiger partial charge in [0.05, 0.1) is 11.2 Å². The molecule has 0 aliphatic carbocycles. The van der Waals surface area contributed by atoms with E-state index >= 15 is 0 Å². The number of aromatic nitrogens is 1. The molecule has 2 aromatic heterocycles. The van der Waals surface area contributed by atoms with Crippen molar-refractivity contribution in [3.8, 4) is 22.3 Å². The first-order valence-corrected chi connectivity index (χ1v) is 7.59. The molecule has 2 aromatic carbocycles. The molecule has 0 aliphatic rings. The summed E-state index contributed by atoms with van der Waals surface area (Å²) in [5.74, 6) is 0. The lowest BCUT2D eigenvalue weighted by Crippen LogP contribution is -1.91. The Kier molecular flexibility index (Phi) is 3.28. The Morgan fingerprint density at radius 1 is 0.652 bits per heavy atom. The molecule has 110 valence electrons. The van der Waals surface area contributed by atoms with Crippen LogP contribution in [0.3, 0.4) is 0 Å². The number of hydrogen-bond donors (Lipinski definition) is 0. The number of aldehydes is 1. The van der Waals surface area contributed by atoms with Crippen LogP contribution in [0.4, 0.5) is 0 Å². The molecule has 0 spiro atoms. The molecule has 23 heavy (non-hydrogen) atoms. The molecular weight excluding hydrogens is 282 g/mol. The van der Waals surface area contributed by atoms with Crippen LogP contribution in [0.1, 0.15) is 10.5 Å². The van der Waals surface area contributed by atoms with Gasteiger partial charge in [0.25, 0.3) is 0 Å². The highest BCUT2D eigenvalue weighted by molar-refractivity contribution is 6.03. The monoisotopic (exact) mass is 297 g/mol. The smallest absolute Gasteiger partial charge is 0.167 e. The molecule has 2 nitrogen and oxygen atoms in total.